The molecule has 0 aromatic rings. The molecular formula is C13H21NO2. The zero-order valence-corrected chi connectivity index (χ0v) is 9.86. The number of fused-ring (bicyclic) bond motifs is 5. The zero-order valence-electron chi connectivity index (χ0n) is 9.86. The maximum atomic E-state index is 12.0. The van der Waals surface area contributed by atoms with Crippen molar-refractivity contribution >= 4 is 5.91 Å². The molecule has 2 bridgehead atoms. The van der Waals surface area contributed by atoms with Crippen LogP contribution < -0.4 is 5.32 Å². The second-order valence-corrected chi connectivity index (χ2v) is 6.05. The lowest BCUT2D eigenvalue weighted by molar-refractivity contribution is -0.123. The van der Waals surface area contributed by atoms with Crippen LogP contribution in [-0.4, -0.2) is 24.2 Å². The highest BCUT2D eigenvalue weighted by Crippen LogP contribution is 2.69. The first kappa shape index (κ1) is 10.6. The van der Waals surface area contributed by atoms with E-state index in [1.807, 2.05) is 6.92 Å². The maximum absolute atomic E-state index is 12.0. The van der Waals surface area contributed by atoms with Crippen molar-refractivity contribution in [3.63, 3.8) is 0 Å². The Kier molecular flexibility index (Phi) is 2.46. The zero-order chi connectivity index (χ0) is 11.3. The molecule has 90 valence electrons. The lowest BCUT2D eigenvalue weighted by Crippen LogP contribution is -2.32. The molecule has 16 heavy (non-hydrogen) atoms. The van der Waals surface area contributed by atoms with Crippen LogP contribution in [0.5, 0.6) is 0 Å². The summed E-state index contributed by atoms with van der Waals surface area (Å²) in [6.45, 7) is 2.74. The summed E-state index contributed by atoms with van der Waals surface area (Å²) in [5.41, 5.74) is 0. The van der Waals surface area contributed by atoms with E-state index in [4.69, 9.17) is 5.11 Å². The van der Waals surface area contributed by atoms with Gasteiger partial charge >= 0.3 is 0 Å². The van der Waals surface area contributed by atoms with Gasteiger partial charge in [-0.25, -0.2) is 0 Å². The van der Waals surface area contributed by atoms with Crippen molar-refractivity contribution in [2.45, 2.75) is 26.2 Å². The van der Waals surface area contributed by atoms with Crippen molar-refractivity contribution < 1.29 is 9.90 Å². The maximum Gasteiger partial charge on any atom is 0.223 e. The van der Waals surface area contributed by atoms with Gasteiger partial charge in [0.05, 0.1) is 0 Å². The van der Waals surface area contributed by atoms with Gasteiger partial charge in [-0.15, -0.1) is 0 Å². The molecule has 0 spiro atoms. The highest BCUT2D eigenvalue weighted by molar-refractivity contribution is 5.82. The van der Waals surface area contributed by atoms with Crippen LogP contribution in [0.25, 0.3) is 0 Å². The van der Waals surface area contributed by atoms with E-state index in [-0.39, 0.29) is 18.4 Å². The third kappa shape index (κ3) is 1.48. The molecule has 3 heteroatoms. The third-order valence-corrected chi connectivity index (χ3v) is 4.97. The van der Waals surface area contributed by atoms with Gasteiger partial charge in [0.2, 0.25) is 5.91 Å². The van der Waals surface area contributed by atoms with Crippen molar-refractivity contribution in [1.82, 2.24) is 5.32 Å². The summed E-state index contributed by atoms with van der Waals surface area (Å²) in [5.74, 6) is 3.94. The molecule has 0 heterocycles. The fraction of sp³-hybridized carbons (Fsp3) is 0.923. The Morgan fingerprint density at radius 3 is 2.56 bits per heavy atom. The predicted molar refractivity (Wildman–Crippen MR) is 60.6 cm³/mol. The van der Waals surface area contributed by atoms with Crippen molar-refractivity contribution in [3.05, 3.63) is 0 Å². The molecule has 5 unspecified atom stereocenters. The first-order valence-electron chi connectivity index (χ1n) is 6.61. The van der Waals surface area contributed by atoms with Crippen molar-refractivity contribution in [2.24, 2.45) is 35.5 Å². The molecule has 0 radical (unpaired) electrons. The van der Waals surface area contributed by atoms with Crippen molar-refractivity contribution in [2.75, 3.05) is 13.2 Å². The average Bonchev–Trinajstić information content (AvgIpc) is 2.74. The van der Waals surface area contributed by atoms with Gasteiger partial charge in [0.25, 0.3) is 0 Å². The summed E-state index contributed by atoms with van der Waals surface area (Å²) in [6.07, 6.45) is 4.12. The van der Waals surface area contributed by atoms with Crippen LogP contribution >= 0.6 is 0 Å². The predicted octanol–water partition coefficient (Wildman–Crippen LogP) is 1.02. The first-order valence-corrected chi connectivity index (χ1v) is 6.61. The molecule has 3 fully saturated rings. The van der Waals surface area contributed by atoms with Crippen LogP contribution in [0.1, 0.15) is 26.2 Å². The minimum atomic E-state index is 0.156. The fourth-order valence-corrected chi connectivity index (χ4v) is 4.13. The normalized spacial score (nSPS) is 45.2. The summed E-state index contributed by atoms with van der Waals surface area (Å²) in [7, 11) is 0. The minimum absolute atomic E-state index is 0.156. The number of hydrogen-bond donors (Lipinski definition) is 2. The van der Waals surface area contributed by atoms with Gasteiger partial charge in [-0.2, -0.15) is 0 Å². The molecule has 3 nitrogen and oxygen atoms in total. The number of rotatable bonds is 4. The Bertz CT molecular complexity index is 288. The average molecular weight is 223 g/mol. The summed E-state index contributed by atoms with van der Waals surface area (Å²) >= 11 is 0. The van der Waals surface area contributed by atoms with E-state index in [2.05, 4.69) is 5.32 Å². The van der Waals surface area contributed by atoms with E-state index in [1.165, 1.54) is 19.3 Å². The lowest BCUT2D eigenvalue weighted by atomic mass is 10.0. The molecule has 0 aromatic heterocycles. The standard InChI is InChI=1S/C13H21NO2/c1-7(6-15)5-14-13(16)12-10-8-2-3-9(4-8)11(10)12/h7-12,15H,2-6H2,1H3,(H,14,16). The van der Waals surface area contributed by atoms with Crippen molar-refractivity contribution in [1.29, 1.82) is 0 Å². The highest BCUT2D eigenvalue weighted by Gasteiger charge is 2.67. The van der Waals surface area contributed by atoms with E-state index < -0.39 is 0 Å². The van der Waals surface area contributed by atoms with Crippen LogP contribution in [0, 0.1) is 35.5 Å². The molecule has 3 aliphatic carbocycles. The third-order valence-electron chi connectivity index (χ3n) is 4.97. The SMILES string of the molecule is CC(CO)CNC(=O)C1C2C3CCC(C3)C12. The highest BCUT2D eigenvalue weighted by atomic mass is 16.3. The summed E-state index contributed by atoms with van der Waals surface area (Å²) < 4.78 is 0. The topological polar surface area (TPSA) is 49.3 Å². The monoisotopic (exact) mass is 223 g/mol. The Hall–Kier alpha value is -0.570. The van der Waals surface area contributed by atoms with E-state index in [9.17, 15) is 4.79 Å². The van der Waals surface area contributed by atoms with E-state index in [0.29, 0.717) is 12.5 Å². The molecule has 3 rings (SSSR count). The van der Waals surface area contributed by atoms with Gasteiger partial charge in [-0.3, -0.25) is 4.79 Å². The minimum Gasteiger partial charge on any atom is -0.396 e. The summed E-state index contributed by atoms with van der Waals surface area (Å²) in [6, 6.07) is 0. The second kappa shape index (κ2) is 3.73. The first-order chi connectivity index (χ1) is 7.72. The summed E-state index contributed by atoms with van der Waals surface area (Å²) in [4.78, 5) is 12.0. The molecule has 0 aliphatic heterocycles. The molecule has 2 N–H and O–H groups in total. The molecule has 0 saturated heterocycles. The smallest absolute Gasteiger partial charge is 0.223 e. The van der Waals surface area contributed by atoms with Gasteiger partial charge in [-0.05, 0) is 48.9 Å². The quantitative estimate of drug-likeness (QED) is 0.747. The lowest BCUT2D eigenvalue weighted by Gasteiger charge is -2.12. The van der Waals surface area contributed by atoms with Crippen LogP contribution in [0.3, 0.4) is 0 Å². The number of aliphatic hydroxyl groups excluding tert-OH is 1. The molecule has 1 amide bonds. The fourth-order valence-electron chi connectivity index (χ4n) is 4.13. The Morgan fingerprint density at radius 1 is 1.38 bits per heavy atom. The van der Waals surface area contributed by atoms with E-state index in [0.717, 1.165) is 23.7 Å². The van der Waals surface area contributed by atoms with Gasteiger partial charge < -0.3 is 10.4 Å². The Morgan fingerprint density at radius 2 is 2.00 bits per heavy atom. The Balaban J connectivity index is 1.51. The number of amides is 1. The number of carbonyl (C=O) groups is 1. The van der Waals surface area contributed by atoms with Gasteiger partial charge in [0.15, 0.2) is 0 Å². The number of nitrogens with one attached hydrogen (secondary N) is 1. The van der Waals surface area contributed by atoms with Crippen LogP contribution in [0.2, 0.25) is 0 Å². The van der Waals surface area contributed by atoms with Gasteiger partial charge in [0.1, 0.15) is 0 Å². The van der Waals surface area contributed by atoms with Crippen LogP contribution in [0.15, 0.2) is 0 Å². The Labute approximate surface area is 96.6 Å². The van der Waals surface area contributed by atoms with E-state index >= 15 is 0 Å². The number of aliphatic hydroxyl groups is 1. The molecule has 3 saturated carbocycles. The summed E-state index contributed by atoms with van der Waals surface area (Å²) in [5, 5.41) is 11.9. The van der Waals surface area contributed by atoms with Gasteiger partial charge in [0, 0.05) is 19.1 Å². The van der Waals surface area contributed by atoms with Crippen LogP contribution in [-0.2, 0) is 4.79 Å². The number of hydrogen-bond acceptors (Lipinski definition) is 2. The molecule has 5 atom stereocenters. The number of carbonyl (C=O) groups excluding carboxylic acids is 1. The largest absolute Gasteiger partial charge is 0.396 e. The molecule has 3 aliphatic rings. The molecule has 0 aromatic carbocycles. The van der Waals surface area contributed by atoms with Crippen molar-refractivity contribution in [3.8, 4) is 0 Å². The molecular weight excluding hydrogens is 202 g/mol. The van der Waals surface area contributed by atoms with Gasteiger partial charge in [-0.1, -0.05) is 6.92 Å². The second-order valence-electron chi connectivity index (χ2n) is 6.05. The van der Waals surface area contributed by atoms with E-state index in [1.54, 1.807) is 0 Å². The van der Waals surface area contributed by atoms with Crippen LogP contribution in [0.4, 0.5) is 0 Å².